The first-order chi connectivity index (χ1) is 14.7. The molecule has 3 aromatic rings. The number of H-pyrrole nitrogens is 1. The molecule has 7 heteroatoms. The van der Waals surface area contributed by atoms with Crippen LogP contribution in [0.15, 0.2) is 43.0 Å². The van der Waals surface area contributed by atoms with Gasteiger partial charge in [-0.15, -0.1) is 0 Å². The zero-order valence-corrected chi connectivity index (χ0v) is 18.3. The zero-order chi connectivity index (χ0) is 22.2. The fourth-order valence-electron chi connectivity index (χ4n) is 5.02. The van der Waals surface area contributed by atoms with E-state index in [9.17, 15) is 10.4 Å². The summed E-state index contributed by atoms with van der Waals surface area (Å²) in [4.78, 5) is 9.11. The summed E-state index contributed by atoms with van der Waals surface area (Å²) in [7, 11) is 0. The van der Waals surface area contributed by atoms with E-state index in [4.69, 9.17) is 0 Å². The number of aromatic amines is 1. The zero-order valence-electron chi connectivity index (χ0n) is 18.3. The second-order valence-corrected chi connectivity index (χ2v) is 9.71. The molecule has 1 aliphatic rings. The monoisotopic (exact) mass is 416 g/mol. The molecule has 7 nitrogen and oxygen atoms in total. The lowest BCUT2D eigenvalue weighted by Crippen LogP contribution is -2.58. The molecule has 0 bridgehead atoms. The highest BCUT2D eigenvalue weighted by molar-refractivity contribution is 5.73. The number of aromatic hydroxyl groups is 1. The minimum absolute atomic E-state index is 0.0442. The maximum absolute atomic E-state index is 10.5. The minimum atomic E-state index is -0.320. The number of hydrogen-bond acceptors (Lipinski definition) is 6. The van der Waals surface area contributed by atoms with Gasteiger partial charge in [0.1, 0.15) is 5.75 Å². The standard InChI is InChI=1S/C24H28N6O/c1-23(2)8-16(9-24(3,4)30-23)19(10-25)21-14-26-20(13-27-21)18-6-5-15(7-22(18)31)17-11-28-29-12-17/h5-7,11-14,16,19,30-31H,8-9H2,1-4H3,(H,28,29). The van der Waals surface area contributed by atoms with Crippen molar-refractivity contribution >= 4 is 0 Å². The van der Waals surface area contributed by atoms with E-state index in [1.54, 1.807) is 30.9 Å². The molecule has 1 unspecified atom stereocenters. The molecule has 1 atom stereocenters. The van der Waals surface area contributed by atoms with Crippen LogP contribution < -0.4 is 5.32 Å². The van der Waals surface area contributed by atoms with Crippen LogP contribution in [0.4, 0.5) is 0 Å². The molecule has 0 aliphatic carbocycles. The van der Waals surface area contributed by atoms with Gasteiger partial charge in [0, 0.05) is 28.4 Å². The molecule has 31 heavy (non-hydrogen) atoms. The Kier molecular flexibility index (Phi) is 5.28. The third-order valence-corrected chi connectivity index (χ3v) is 5.93. The summed E-state index contributed by atoms with van der Waals surface area (Å²) >= 11 is 0. The van der Waals surface area contributed by atoms with Crippen molar-refractivity contribution in [1.82, 2.24) is 25.5 Å². The van der Waals surface area contributed by atoms with Gasteiger partial charge >= 0.3 is 0 Å². The van der Waals surface area contributed by atoms with E-state index in [0.29, 0.717) is 17.0 Å². The largest absolute Gasteiger partial charge is 0.507 e. The van der Waals surface area contributed by atoms with Crippen LogP contribution in [0.2, 0.25) is 0 Å². The topological polar surface area (TPSA) is 111 Å². The number of piperidine rings is 1. The van der Waals surface area contributed by atoms with Crippen LogP contribution in [0.3, 0.4) is 0 Å². The van der Waals surface area contributed by atoms with Gasteiger partial charge in [0.15, 0.2) is 0 Å². The lowest BCUT2D eigenvalue weighted by molar-refractivity contribution is 0.121. The highest BCUT2D eigenvalue weighted by Gasteiger charge is 2.41. The van der Waals surface area contributed by atoms with Crippen LogP contribution in [0.25, 0.3) is 22.4 Å². The fourth-order valence-corrected chi connectivity index (χ4v) is 5.02. The van der Waals surface area contributed by atoms with Crippen LogP contribution in [-0.4, -0.2) is 36.3 Å². The first kappa shape index (κ1) is 21.0. The number of hydrogen-bond donors (Lipinski definition) is 3. The van der Waals surface area contributed by atoms with Crippen molar-refractivity contribution in [3.8, 4) is 34.2 Å². The number of benzene rings is 1. The molecular formula is C24H28N6O. The Bertz CT molecular complexity index is 1080. The lowest BCUT2D eigenvalue weighted by atomic mass is 9.70. The molecule has 0 radical (unpaired) electrons. The summed E-state index contributed by atoms with van der Waals surface area (Å²) in [6.45, 7) is 8.72. The Hall–Kier alpha value is -3.24. The van der Waals surface area contributed by atoms with Crippen molar-refractivity contribution < 1.29 is 5.11 Å². The van der Waals surface area contributed by atoms with Gasteiger partial charge in [-0.3, -0.25) is 15.1 Å². The molecule has 1 aliphatic heterocycles. The summed E-state index contributed by atoms with van der Waals surface area (Å²) < 4.78 is 0. The second kappa shape index (κ2) is 7.78. The molecule has 0 amide bonds. The Labute approximate surface area is 182 Å². The maximum atomic E-state index is 10.5. The van der Waals surface area contributed by atoms with E-state index < -0.39 is 0 Å². The molecule has 3 heterocycles. The fraction of sp³-hybridized carbons (Fsp3) is 0.417. The average Bonchev–Trinajstić information content (AvgIpc) is 3.22. The highest BCUT2D eigenvalue weighted by atomic mass is 16.3. The van der Waals surface area contributed by atoms with Crippen LogP contribution in [0.5, 0.6) is 5.75 Å². The molecule has 1 fully saturated rings. The van der Waals surface area contributed by atoms with Gasteiger partial charge in [-0.1, -0.05) is 6.07 Å². The Morgan fingerprint density at radius 3 is 2.35 bits per heavy atom. The normalized spacial score (nSPS) is 18.9. The van der Waals surface area contributed by atoms with E-state index >= 15 is 0 Å². The van der Waals surface area contributed by atoms with Crippen LogP contribution in [0.1, 0.15) is 52.1 Å². The van der Waals surface area contributed by atoms with E-state index in [0.717, 1.165) is 24.0 Å². The van der Waals surface area contributed by atoms with Crippen LogP contribution >= 0.6 is 0 Å². The lowest BCUT2D eigenvalue weighted by Gasteiger charge is -2.47. The highest BCUT2D eigenvalue weighted by Crippen LogP contribution is 2.40. The molecule has 1 aromatic carbocycles. The van der Waals surface area contributed by atoms with Gasteiger partial charge in [-0.05, 0) is 64.2 Å². The number of nitrogens with one attached hydrogen (secondary N) is 2. The Balaban J connectivity index is 1.58. The van der Waals surface area contributed by atoms with Gasteiger partial charge < -0.3 is 10.4 Å². The molecule has 160 valence electrons. The van der Waals surface area contributed by atoms with Crippen molar-refractivity contribution in [3.05, 3.63) is 48.7 Å². The van der Waals surface area contributed by atoms with E-state index in [1.165, 1.54) is 0 Å². The molecule has 1 saturated heterocycles. The maximum Gasteiger partial charge on any atom is 0.125 e. The summed E-state index contributed by atoms with van der Waals surface area (Å²) in [5.74, 6) is -0.00209. The summed E-state index contributed by atoms with van der Waals surface area (Å²) in [5.41, 5.74) is 3.52. The molecule has 4 rings (SSSR count). The number of phenols is 1. The van der Waals surface area contributed by atoms with Gasteiger partial charge in [-0.25, -0.2) is 0 Å². The average molecular weight is 417 g/mol. The van der Waals surface area contributed by atoms with E-state index in [2.05, 4.69) is 59.2 Å². The molecule has 0 saturated carbocycles. The SMILES string of the molecule is CC1(C)CC(C(C#N)c2cnc(-c3ccc(-c4cn[nH]c4)cc3O)cn2)CC(C)(C)N1. The van der Waals surface area contributed by atoms with Crippen LogP contribution in [0, 0.1) is 17.2 Å². The quantitative estimate of drug-likeness (QED) is 0.581. The predicted molar refractivity (Wildman–Crippen MR) is 119 cm³/mol. The smallest absolute Gasteiger partial charge is 0.125 e. The Morgan fingerprint density at radius 2 is 1.81 bits per heavy atom. The summed E-state index contributed by atoms with van der Waals surface area (Å²) in [6.07, 6.45) is 8.59. The Morgan fingerprint density at radius 1 is 1.06 bits per heavy atom. The first-order valence-corrected chi connectivity index (χ1v) is 10.5. The van der Waals surface area contributed by atoms with Crippen LogP contribution in [-0.2, 0) is 0 Å². The first-order valence-electron chi connectivity index (χ1n) is 10.5. The van der Waals surface area contributed by atoms with Gasteiger partial charge in [0.2, 0.25) is 0 Å². The third kappa shape index (κ3) is 4.44. The number of aromatic nitrogens is 4. The van der Waals surface area contributed by atoms with Crippen molar-refractivity contribution in [1.29, 1.82) is 5.26 Å². The molecule has 3 N–H and O–H groups in total. The van der Waals surface area contributed by atoms with Crippen molar-refractivity contribution in [2.24, 2.45) is 5.92 Å². The minimum Gasteiger partial charge on any atom is -0.507 e. The van der Waals surface area contributed by atoms with E-state index in [1.807, 2.05) is 12.1 Å². The molecule has 0 spiro atoms. The summed E-state index contributed by atoms with van der Waals surface area (Å²) in [6, 6.07) is 7.89. The number of rotatable bonds is 4. The van der Waals surface area contributed by atoms with E-state index in [-0.39, 0.29) is 28.7 Å². The van der Waals surface area contributed by atoms with Crippen molar-refractivity contribution in [3.63, 3.8) is 0 Å². The van der Waals surface area contributed by atoms with Gasteiger partial charge in [-0.2, -0.15) is 10.4 Å². The number of nitriles is 1. The predicted octanol–water partition coefficient (Wildman–Crippen LogP) is 4.40. The number of nitrogens with zero attached hydrogens (tertiary/aromatic N) is 4. The summed E-state index contributed by atoms with van der Waals surface area (Å²) in [5, 5.41) is 30.8. The van der Waals surface area contributed by atoms with Crippen molar-refractivity contribution in [2.75, 3.05) is 0 Å². The molecular weight excluding hydrogens is 388 g/mol. The second-order valence-electron chi connectivity index (χ2n) is 9.71. The van der Waals surface area contributed by atoms with Gasteiger partial charge in [0.25, 0.3) is 0 Å². The van der Waals surface area contributed by atoms with Crippen molar-refractivity contribution in [2.45, 2.75) is 57.5 Å². The number of phenolic OH excluding ortho intramolecular Hbond substituents is 1. The third-order valence-electron chi connectivity index (χ3n) is 5.93. The molecule has 2 aromatic heterocycles. The van der Waals surface area contributed by atoms with Gasteiger partial charge in [0.05, 0.1) is 42.0 Å².